The third kappa shape index (κ3) is 5.39. The average molecular weight is 393 g/mol. The number of rotatable bonds is 6. The fraction of sp³-hybridized carbons (Fsp3) is 0.172. The Bertz CT molecular complexity index is 1060. The van der Waals surface area contributed by atoms with Gasteiger partial charge in [-0.15, -0.1) is 0 Å². The lowest BCUT2D eigenvalue weighted by Crippen LogP contribution is -1.89. The summed E-state index contributed by atoms with van der Waals surface area (Å²) in [5.41, 5.74) is 7.85. The summed E-state index contributed by atoms with van der Waals surface area (Å²) < 4.78 is 5.93. The van der Waals surface area contributed by atoms with E-state index in [2.05, 4.69) is 98.8 Å². The molecule has 1 heteroatoms. The molecule has 150 valence electrons. The standard InChI is InChI=1S/C29H28O/c1-22-6-15-27(16-7-22)26-5-3-4-24(12-17-26)10-11-25-13-20-29(21-14-25)30-28-18-8-23(2)9-19-28/h4-9,12-21H,3,10-11H2,1-2H3. The summed E-state index contributed by atoms with van der Waals surface area (Å²) in [7, 11) is 0. The van der Waals surface area contributed by atoms with E-state index in [-0.39, 0.29) is 0 Å². The molecule has 30 heavy (non-hydrogen) atoms. The first-order valence-electron chi connectivity index (χ1n) is 10.6. The molecule has 0 saturated heterocycles. The zero-order valence-corrected chi connectivity index (χ0v) is 17.8. The predicted octanol–water partition coefficient (Wildman–Crippen LogP) is 8.00. The molecule has 0 N–H and O–H groups in total. The Hall–Kier alpha value is -3.32. The number of benzene rings is 3. The van der Waals surface area contributed by atoms with Crippen LogP contribution in [0.25, 0.3) is 5.57 Å². The van der Waals surface area contributed by atoms with Crippen LogP contribution < -0.4 is 4.74 Å². The third-order valence-electron chi connectivity index (χ3n) is 5.46. The quantitative estimate of drug-likeness (QED) is 0.413. The number of ether oxygens (including phenoxy) is 1. The van der Waals surface area contributed by atoms with Gasteiger partial charge in [0.1, 0.15) is 11.5 Å². The molecule has 0 saturated carbocycles. The van der Waals surface area contributed by atoms with E-state index in [4.69, 9.17) is 4.74 Å². The highest BCUT2D eigenvalue weighted by Crippen LogP contribution is 2.25. The molecular formula is C29H28O. The van der Waals surface area contributed by atoms with Crippen molar-refractivity contribution in [3.05, 3.63) is 125 Å². The SMILES string of the molecule is Cc1ccc(Oc2ccc(CCC3=CCC=C(c4ccc(C)cc4)C=C3)cc2)cc1. The van der Waals surface area contributed by atoms with Crippen molar-refractivity contribution in [3.8, 4) is 11.5 Å². The van der Waals surface area contributed by atoms with Crippen LogP contribution in [-0.4, -0.2) is 0 Å². The second-order valence-corrected chi connectivity index (χ2v) is 7.93. The maximum absolute atomic E-state index is 5.93. The van der Waals surface area contributed by atoms with Gasteiger partial charge >= 0.3 is 0 Å². The van der Waals surface area contributed by atoms with Crippen molar-refractivity contribution in [2.75, 3.05) is 0 Å². The summed E-state index contributed by atoms with van der Waals surface area (Å²) in [6.45, 7) is 4.21. The molecule has 4 rings (SSSR count). The molecule has 0 spiro atoms. The predicted molar refractivity (Wildman–Crippen MR) is 127 cm³/mol. The number of allylic oxidation sites excluding steroid dienone is 6. The highest BCUT2D eigenvalue weighted by Gasteiger charge is 2.04. The molecule has 0 atom stereocenters. The van der Waals surface area contributed by atoms with E-state index >= 15 is 0 Å². The van der Waals surface area contributed by atoms with E-state index in [9.17, 15) is 0 Å². The van der Waals surface area contributed by atoms with Crippen molar-refractivity contribution in [3.63, 3.8) is 0 Å². The highest BCUT2D eigenvalue weighted by molar-refractivity contribution is 5.75. The maximum Gasteiger partial charge on any atom is 0.127 e. The van der Waals surface area contributed by atoms with E-state index in [0.29, 0.717) is 0 Å². The third-order valence-corrected chi connectivity index (χ3v) is 5.46. The van der Waals surface area contributed by atoms with Gasteiger partial charge < -0.3 is 4.74 Å². The lowest BCUT2D eigenvalue weighted by atomic mass is 10.0. The molecule has 0 fully saturated rings. The molecule has 1 aliphatic rings. The van der Waals surface area contributed by atoms with Gasteiger partial charge in [-0.2, -0.15) is 0 Å². The van der Waals surface area contributed by atoms with Gasteiger partial charge in [-0.1, -0.05) is 89.5 Å². The van der Waals surface area contributed by atoms with Gasteiger partial charge in [0.25, 0.3) is 0 Å². The van der Waals surface area contributed by atoms with Gasteiger partial charge in [-0.3, -0.25) is 0 Å². The Morgan fingerprint density at radius 3 is 1.90 bits per heavy atom. The molecule has 0 bridgehead atoms. The lowest BCUT2D eigenvalue weighted by Gasteiger charge is -2.08. The molecular weight excluding hydrogens is 364 g/mol. The van der Waals surface area contributed by atoms with E-state index in [1.807, 2.05) is 12.1 Å². The first-order valence-corrected chi connectivity index (χ1v) is 10.6. The highest BCUT2D eigenvalue weighted by atomic mass is 16.5. The van der Waals surface area contributed by atoms with Crippen molar-refractivity contribution in [2.45, 2.75) is 33.1 Å². The van der Waals surface area contributed by atoms with Gasteiger partial charge in [0.05, 0.1) is 0 Å². The maximum atomic E-state index is 5.93. The summed E-state index contributed by atoms with van der Waals surface area (Å²) in [5, 5.41) is 0. The number of hydrogen-bond donors (Lipinski definition) is 0. The molecule has 0 aliphatic heterocycles. The zero-order chi connectivity index (χ0) is 20.8. The van der Waals surface area contributed by atoms with Crippen LogP contribution in [0.15, 0.2) is 103 Å². The molecule has 0 amide bonds. The van der Waals surface area contributed by atoms with Crippen LogP contribution in [0.2, 0.25) is 0 Å². The van der Waals surface area contributed by atoms with E-state index in [1.165, 1.54) is 33.4 Å². The van der Waals surface area contributed by atoms with Crippen LogP contribution in [-0.2, 0) is 6.42 Å². The summed E-state index contributed by atoms with van der Waals surface area (Å²) in [6.07, 6.45) is 12.2. The molecule has 0 radical (unpaired) electrons. The van der Waals surface area contributed by atoms with E-state index in [1.54, 1.807) is 0 Å². The van der Waals surface area contributed by atoms with E-state index in [0.717, 1.165) is 30.8 Å². The summed E-state index contributed by atoms with van der Waals surface area (Å²) in [6, 6.07) is 25.4. The minimum atomic E-state index is 0.874. The van der Waals surface area contributed by atoms with Gasteiger partial charge in [0.2, 0.25) is 0 Å². The van der Waals surface area contributed by atoms with Crippen LogP contribution in [0.5, 0.6) is 11.5 Å². The molecule has 1 nitrogen and oxygen atoms in total. The molecule has 0 unspecified atom stereocenters. The summed E-state index contributed by atoms with van der Waals surface area (Å²) >= 11 is 0. The topological polar surface area (TPSA) is 9.23 Å². The smallest absolute Gasteiger partial charge is 0.127 e. The van der Waals surface area contributed by atoms with Crippen LogP contribution in [0, 0.1) is 13.8 Å². The number of aryl methyl sites for hydroxylation is 3. The number of hydrogen-bond acceptors (Lipinski definition) is 1. The van der Waals surface area contributed by atoms with Crippen LogP contribution in [0.3, 0.4) is 0 Å². The van der Waals surface area contributed by atoms with Gasteiger partial charge in [0, 0.05) is 0 Å². The first-order chi connectivity index (χ1) is 14.7. The Kier molecular flexibility index (Phi) is 6.29. The molecule has 3 aromatic carbocycles. The van der Waals surface area contributed by atoms with Crippen molar-refractivity contribution < 1.29 is 4.74 Å². The summed E-state index contributed by atoms with van der Waals surface area (Å²) in [5.74, 6) is 1.75. The molecule has 1 aliphatic carbocycles. The van der Waals surface area contributed by atoms with Crippen molar-refractivity contribution in [1.82, 2.24) is 0 Å². The minimum Gasteiger partial charge on any atom is -0.457 e. The van der Waals surface area contributed by atoms with E-state index < -0.39 is 0 Å². The van der Waals surface area contributed by atoms with Crippen molar-refractivity contribution >= 4 is 5.57 Å². The average Bonchev–Trinajstić information content (AvgIpc) is 3.01. The lowest BCUT2D eigenvalue weighted by molar-refractivity contribution is 0.482. The molecule has 3 aromatic rings. The van der Waals surface area contributed by atoms with Crippen LogP contribution in [0.1, 0.15) is 35.1 Å². The van der Waals surface area contributed by atoms with Gasteiger partial charge in [-0.25, -0.2) is 0 Å². The molecule has 0 heterocycles. The van der Waals surface area contributed by atoms with Gasteiger partial charge in [0.15, 0.2) is 0 Å². The van der Waals surface area contributed by atoms with Gasteiger partial charge in [-0.05, 0) is 74.1 Å². The monoisotopic (exact) mass is 392 g/mol. The largest absolute Gasteiger partial charge is 0.457 e. The Balaban J connectivity index is 1.32. The minimum absolute atomic E-state index is 0.874. The molecule has 0 aromatic heterocycles. The second kappa shape index (κ2) is 9.45. The first kappa shape index (κ1) is 20.0. The second-order valence-electron chi connectivity index (χ2n) is 7.93. The Morgan fingerprint density at radius 1 is 0.633 bits per heavy atom. The Morgan fingerprint density at radius 2 is 1.23 bits per heavy atom. The van der Waals surface area contributed by atoms with Crippen LogP contribution >= 0.6 is 0 Å². The van der Waals surface area contributed by atoms with Crippen LogP contribution in [0.4, 0.5) is 0 Å². The van der Waals surface area contributed by atoms with Crippen molar-refractivity contribution in [1.29, 1.82) is 0 Å². The Labute approximate surface area is 180 Å². The zero-order valence-electron chi connectivity index (χ0n) is 17.8. The van der Waals surface area contributed by atoms with Crippen molar-refractivity contribution in [2.24, 2.45) is 0 Å². The fourth-order valence-electron chi connectivity index (χ4n) is 3.57. The normalized spacial score (nSPS) is 13.4. The summed E-state index contributed by atoms with van der Waals surface area (Å²) in [4.78, 5) is 0. The fourth-order valence-corrected chi connectivity index (χ4v) is 3.57.